The minimum atomic E-state index is 0.583. The van der Waals surface area contributed by atoms with E-state index in [1.165, 1.54) is 0 Å². The number of rotatable bonds is 9. The molecule has 7 nitrogen and oxygen atoms in total. The predicted molar refractivity (Wildman–Crippen MR) is 264 cm³/mol. The smallest absolute Gasteiger partial charge is 0.227 e. The van der Waals surface area contributed by atoms with E-state index in [0.29, 0.717) is 23.4 Å². The molecule has 0 saturated heterocycles. The van der Waals surface area contributed by atoms with Crippen molar-refractivity contribution in [2.45, 2.75) is 0 Å². The fourth-order valence-electron chi connectivity index (χ4n) is 8.74. The van der Waals surface area contributed by atoms with Crippen LogP contribution in [0.25, 0.3) is 95.3 Å². The maximum absolute atomic E-state index is 6.72. The SMILES string of the molecule is c1ccc(-c2nc(-c3ccccc3)nc(-c3ccc(-n4c5ccc(-c6ccc(N(c7ccccc7)c7ccccc7)cc6)cc5c5ccc6nc(-c7ccccc7)oc6c54)cc3)n2)cc1. The number of aromatic nitrogens is 5. The van der Waals surface area contributed by atoms with E-state index in [4.69, 9.17) is 24.4 Å². The lowest BCUT2D eigenvalue weighted by atomic mass is 10.0. The van der Waals surface area contributed by atoms with Crippen molar-refractivity contribution < 1.29 is 4.42 Å². The van der Waals surface area contributed by atoms with Gasteiger partial charge in [0.2, 0.25) is 5.89 Å². The maximum atomic E-state index is 6.72. The highest BCUT2D eigenvalue weighted by Gasteiger charge is 2.21. The molecule has 0 aliphatic carbocycles. The first-order chi connectivity index (χ1) is 32.2. The monoisotopic (exact) mass is 834 g/mol. The largest absolute Gasteiger partial charge is 0.434 e. The lowest BCUT2D eigenvalue weighted by molar-refractivity contribution is 0.622. The van der Waals surface area contributed by atoms with Crippen LogP contribution in [0.1, 0.15) is 0 Å². The van der Waals surface area contributed by atoms with Crippen molar-refractivity contribution in [3.8, 4) is 62.4 Å². The van der Waals surface area contributed by atoms with Gasteiger partial charge >= 0.3 is 0 Å². The van der Waals surface area contributed by atoms with Crippen LogP contribution in [0, 0.1) is 0 Å². The summed E-state index contributed by atoms with van der Waals surface area (Å²) >= 11 is 0. The Balaban J connectivity index is 0.987. The molecule has 0 N–H and O–H groups in total. The molecule has 0 amide bonds. The number of anilines is 3. The number of benzene rings is 9. The zero-order valence-electron chi connectivity index (χ0n) is 35.0. The quantitative estimate of drug-likeness (QED) is 0.144. The summed E-state index contributed by atoms with van der Waals surface area (Å²) in [7, 11) is 0. The molecule has 0 spiro atoms. The Bertz CT molecular complexity index is 3510. The summed E-state index contributed by atoms with van der Waals surface area (Å²) in [5, 5.41) is 2.18. The van der Waals surface area contributed by atoms with Gasteiger partial charge in [-0.2, -0.15) is 0 Å². The normalized spacial score (nSPS) is 11.4. The molecule has 0 radical (unpaired) electrons. The number of oxazole rings is 1. The number of para-hydroxylation sites is 2. The molecule has 7 heteroatoms. The number of hydrogen-bond donors (Lipinski definition) is 0. The van der Waals surface area contributed by atoms with Crippen LogP contribution in [0.2, 0.25) is 0 Å². The Kier molecular flexibility index (Phi) is 9.34. The zero-order chi connectivity index (χ0) is 43.1. The van der Waals surface area contributed by atoms with Crippen LogP contribution in [-0.2, 0) is 0 Å². The summed E-state index contributed by atoms with van der Waals surface area (Å²) in [6.07, 6.45) is 0. The van der Waals surface area contributed by atoms with Gasteiger partial charge in [0.05, 0.1) is 11.0 Å². The molecular formula is C58H38N6O. The summed E-state index contributed by atoms with van der Waals surface area (Å²) in [5.74, 6) is 2.43. The van der Waals surface area contributed by atoms with Crippen LogP contribution in [-0.4, -0.2) is 24.5 Å². The first-order valence-electron chi connectivity index (χ1n) is 21.6. The van der Waals surface area contributed by atoms with Gasteiger partial charge in [-0.1, -0.05) is 133 Å². The van der Waals surface area contributed by atoms with E-state index in [-0.39, 0.29) is 0 Å². The minimum absolute atomic E-state index is 0.583. The summed E-state index contributed by atoms with van der Waals surface area (Å²) in [4.78, 5) is 22.2. The van der Waals surface area contributed by atoms with E-state index in [2.05, 4.69) is 137 Å². The molecule has 12 rings (SSSR count). The Morgan fingerprint density at radius 1 is 0.354 bits per heavy atom. The molecule has 65 heavy (non-hydrogen) atoms. The highest BCUT2D eigenvalue weighted by atomic mass is 16.3. The van der Waals surface area contributed by atoms with Crippen molar-refractivity contribution >= 4 is 50.0 Å². The molecule has 0 saturated carbocycles. The van der Waals surface area contributed by atoms with Gasteiger partial charge in [0.1, 0.15) is 5.52 Å². The summed E-state index contributed by atoms with van der Waals surface area (Å²) in [5.41, 5.74) is 13.7. The van der Waals surface area contributed by atoms with Crippen LogP contribution in [0.4, 0.5) is 17.1 Å². The van der Waals surface area contributed by atoms with Crippen LogP contribution in [0.15, 0.2) is 235 Å². The van der Waals surface area contributed by atoms with Gasteiger partial charge in [-0.25, -0.2) is 19.9 Å². The third-order valence-corrected chi connectivity index (χ3v) is 11.9. The van der Waals surface area contributed by atoms with E-state index < -0.39 is 0 Å². The van der Waals surface area contributed by atoms with Gasteiger partial charge in [-0.05, 0) is 108 Å². The lowest BCUT2D eigenvalue weighted by Crippen LogP contribution is -2.09. The first kappa shape index (κ1) is 37.8. The second-order valence-electron chi connectivity index (χ2n) is 15.9. The second-order valence-corrected chi connectivity index (χ2v) is 15.9. The molecule has 0 aliphatic rings. The lowest BCUT2D eigenvalue weighted by Gasteiger charge is -2.25. The minimum Gasteiger partial charge on any atom is -0.434 e. The number of hydrogen-bond acceptors (Lipinski definition) is 6. The molecule has 3 heterocycles. The number of fused-ring (bicyclic) bond motifs is 5. The summed E-state index contributed by atoms with van der Waals surface area (Å²) < 4.78 is 9.01. The molecule has 0 atom stereocenters. The van der Waals surface area contributed by atoms with E-state index >= 15 is 0 Å². The Morgan fingerprint density at radius 3 is 1.37 bits per heavy atom. The van der Waals surface area contributed by atoms with Crippen molar-refractivity contribution in [3.05, 3.63) is 231 Å². The fourth-order valence-corrected chi connectivity index (χ4v) is 8.74. The zero-order valence-corrected chi connectivity index (χ0v) is 35.0. The second kappa shape index (κ2) is 16.1. The van der Waals surface area contributed by atoms with Crippen LogP contribution < -0.4 is 4.90 Å². The van der Waals surface area contributed by atoms with Crippen molar-refractivity contribution in [1.82, 2.24) is 24.5 Å². The van der Waals surface area contributed by atoms with Crippen molar-refractivity contribution in [2.75, 3.05) is 4.90 Å². The van der Waals surface area contributed by atoms with E-state index in [0.717, 1.165) is 89.0 Å². The molecular weight excluding hydrogens is 797 g/mol. The van der Waals surface area contributed by atoms with Gasteiger partial charge < -0.3 is 13.9 Å². The van der Waals surface area contributed by atoms with E-state index in [9.17, 15) is 0 Å². The van der Waals surface area contributed by atoms with E-state index in [1.54, 1.807) is 0 Å². The standard InChI is InChI=1S/C58H38N6O/c1-6-16-40(17-7-1)55-60-56(41-18-8-2-9-19-41)62-57(61-55)42-28-33-48(34-29-42)64-52-37-30-44(38-50(52)49-35-36-51-54(53(49)64)65-58(59-51)43-20-10-3-11-21-43)39-26-31-47(32-27-39)63(45-22-12-4-13-23-45)46-24-14-5-15-25-46/h1-38H. The van der Waals surface area contributed by atoms with Gasteiger partial charge in [0.15, 0.2) is 23.1 Å². The average Bonchev–Trinajstić information content (AvgIpc) is 3.98. The van der Waals surface area contributed by atoms with Crippen LogP contribution >= 0.6 is 0 Å². The first-order valence-corrected chi connectivity index (χ1v) is 21.6. The number of nitrogens with zero attached hydrogens (tertiary/aromatic N) is 6. The molecule has 3 aromatic heterocycles. The summed E-state index contributed by atoms with van der Waals surface area (Å²) in [6, 6.07) is 79.4. The van der Waals surface area contributed by atoms with E-state index in [1.807, 2.05) is 103 Å². The maximum Gasteiger partial charge on any atom is 0.227 e. The third kappa shape index (κ3) is 6.98. The molecule has 306 valence electrons. The van der Waals surface area contributed by atoms with Crippen LogP contribution in [0.3, 0.4) is 0 Å². The third-order valence-electron chi connectivity index (χ3n) is 11.9. The fraction of sp³-hybridized carbons (Fsp3) is 0. The van der Waals surface area contributed by atoms with Crippen molar-refractivity contribution in [3.63, 3.8) is 0 Å². The van der Waals surface area contributed by atoms with Gasteiger partial charge in [0, 0.05) is 55.8 Å². The van der Waals surface area contributed by atoms with Crippen molar-refractivity contribution in [1.29, 1.82) is 0 Å². The highest BCUT2D eigenvalue weighted by Crippen LogP contribution is 2.41. The van der Waals surface area contributed by atoms with Gasteiger partial charge in [-0.15, -0.1) is 0 Å². The molecule has 0 aliphatic heterocycles. The van der Waals surface area contributed by atoms with Gasteiger partial charge in [0.25, 0.3) is 0 Å². The molecule has 12 aromatic rings. The highest BCUT2D eigenvalue weighted by molar-refractivity contribution is 6.17. The molecule has 0 unspecified atom stereocenters. The van der Waals surface area contributed by atoms with Crippen molar-refractivity contribution in [2.24, 2.45) is 0 Å². The average molecular weight is 835 g/mol. The molecule has 0 bridgehead atoms. The molecule has 9 aromatic carbocycles. The Hall–Kier alpha value is -8.94. The predicted octanol–water partition coefficient (Wildman–Crippen LogP) is 14.9. The molecule has 0 fully saturated rings. The van der Waals surface area contributed by atoms with Crippen LogP contribution in [0.5, 0.6) is 0 Å². The van der Waals surface area contributed by atoms with Gasteiger partial charge in [-0.3, -0.25) is 0 Å². The summed E-state index contributed by atoms with van der Waals surface area (Å²) in [6.45, 7) is 0. The topological polar surface area (TPSA) is 72.9 Å². The Morgan fingerprint density at radius 2 is 0.815 bits per heavy atom. The Labute approximate surface area is 375 Å².